The second kappa shape index (κ2) is 10.5. The van der Waals surface area contributed by atoms with Crippen molar-refractivity contribution in [2.24, 2.45) is 7.05 Å². The molecule has 1 aromatic heterocycles. The van der Waals surface area contributed by atoms with Gasteiger partial charge in [0.15, 0.2) is 0 Å². The number of benzene rings is 2. The van der Waals surface area contributed by atoms with Crippen LogP contribution in [0.1, 0.15) is 16.2 Å². The van der Waals surface area contributed by atoms with Crippen molar-refractivity contribution in [2.45, 2.75) is 16.7 Å². The molecule has 0 bridgehead atoms. The summed E-state index contributed by atoms with van der Waals surface area (Å²) in [6.45, 7) is 1.41. The molecule has 1 N–H and O–H groups in total. The maximum Gasteiger partial charge on any atom is 1.00 e. The third kappa shape index (κ3) is 5.85. The van der Waals surface area contributed by atoms with Gasteiger partial charge in [-0.1, -0.05) is 18.2 Å². The Balaban J connectivity index is 0.00000272. The van der Waals surface area contributed by atoms with Gasteiger partial charge in [-0.3, -0.25) is 14.9 Å². The summed E-state index contributed by atoms with van der Waals surface area (Å²) >= 11 is 0. The fourth-order valence-electron chi connectivity index (χ4n) is 3.16. The van der Waals surface area contributed by atoms with E-state index >= 15 is 0 Å². The Morgan fingerprint density at radius 3 is 2.09 bits per heavy atom. The summed E-state index contributed by atoms with van der Waals surface area (Å²) in [5.74, 6) is -0.949. The molecule has 12 nitrogen and oxygen atoms in total. The number of fused-ring (bicyclic) bond motifs is 1. The first-order chi connectivity index (χ1) is 14.2. The Hall–Kier alpha value is -1.33. The second-order valence-electron chi connectivity index (χ2n) is 6.47. The number of hydrogen-bond acceptors (Lipinski definition) is 9. The molecule has 1 heterocycles. The molecule has 0 radical (unpaired) electrons. The van der Waals surface area contributed by atoms with Crippen molar-refractivity contribution in [2.75, 3.05) is 5.32 Å². The van der Waals surface area contributed by atoms with Crippen molar-refractivity contribution >= 4 is 48.3 Å². The van der Waals surface area contributed by atoms with Gasteiger partial charge in [0, 0.05) is 23.9 Å². The molecular weight excluding hydrogens is 500 g/mol. The van der Waals surface area contributed by atoms with Gasteiger partial charge in [0.2, 0.25) is 0 Å². The van der Waals surface area contributed by atoms with Crippen LogP contribution >= 0.6 is 0 Å². The van der Waals surface area contributed by atoms with Crippen LogP contribution in [0.2, 0.25) is 0 Å². The van der Waals surface area contributed by atoms with Gasteiger partial charge >= 0.3 is 59.1 Å². The number of nitrogens with one attached hydrogen (secondary N) is 1. The zero-order chi connectivity index (χ0) is 23.3. The molecule has 0 atom stereocenters. The molecule has 3 aromatic rings. The van der Waals surface area contributed by atoms with E-state index in [2.05, 4.69) is 5.32 Å². The molecule has 0 aliphatic heterocycles. The fraction of sp³-hybridized carbons (Fsp3) is 0.118. The van der Waals surface area contributed by atoms with Crippen molar-refractivity contribution < 1.29 is 94.8 Å². The molecule has 1 amide bonds. The van der Waals surface area contributed by atoms with E-state index in [1.54, 1.807) is 0 Å². The number of carbonyl (C=O) groups excluding carboxylic acids is 1. The Labute approximate surface area is 232 Å². The fourth-order valence-corrected chi connectivity index (χ4v) is 4.69. The first-order valence-corrected chi connectivity index (χ1v) is 11.1. The SMILES string of the molecule is Cc1c([N+](=O)[O-])cc(C(=O)Nc2ccc3c(S(=O)(=O)[O-])cccc3c2S(=O)(=O)[O-])n1C.[Na+].[Na+]. The van der Waals surface area contributed by atoms with E-state index in [4.69, 9.17) is 0 Å². The summed E-state index contributed by atoms with van der Waals surface area (Å²) in [5.41, 5.74) is -0.840. The van der Waals surface area contributed by atoms with E-state index in [1.807, 2.05) is 0 Å². The number of hydrogen-bond donors (Lipinski definition) is 1. The molecule has 3 rings (SSSR count). The van der Waals surface area contributed by atoms with Crippen molar-refractivity contribution in [1.82, 2.24) is 4.57 Å². The first-order valence-electron chi connectivity index (χ1n) is 8.33. The minimum absolute atomic E-state index is 0. The normalized spacial score (nSPS) is 11.4. The predicted octanol–water partition coefficient (Wildman–Crippen LogP) is -4.54. The van der Waals surface area contributed by atoms with E-state index in [-0.39, 0.29) is 87.0 Å². The predicted molar refractivity (Wildman–Crippen MR) is 105 cm³/mol. The van der Waals surface area contributed by atoms with Gasteiger partial charge < -0.3 is 19.0 Å². The largest absolute Gasteiger partial charge is 1.00 e. The quantitative estimate of drug-likeness (QED) is 0.151. The van der Waals surface area contributed by atoms with Crippen LogP contribution in [-0.2, 0) is 27.3 Å². The third-order valence-corrected chi connectivity index (χ3v) is 6.51. The maximum atomic E-state index is 12.7. The van der Waals surface area contributed by atoms with Crippen LogP contribution in [0.3, 0.4) is 0 Å². The topological polar surface area (TPSA) is 192 Å². The monoisotopic (exact) mass is 513 g/mol. The zero-order valence-corrected chi connectivity index (χ0v) is 23.5. The Bertz CT molecular complexity index is 1480. The summed E-state index contributed by atoms with van der Waals surface area (Å²) < 4.78 is 71.4. The van der Waals surface area contributed by atoms with Crippen LogP contribution in [0.4, 0.5) is 11.4 Å². The minimum atomic E-state index is -5.25. The molecule has 0 fully saturated rings. The molecular formula is C17H13N3Na2O9S2. The van der Waals surface area contributed by atoms with Gasteiger partial charge in [0.1, 0.15) is 25.9 Å². The van der Waals surface area contributed by atoms with E-state index in [1.165, 1.54) is 18.5 Å². The number of anilines is 1. The number of rotatable bonds is 5. The number of carbonyl (C=O) groups is 1. The second-order valence-corrected chi connectivity index (χ2v) is 9.14. The van der Waals surface area contributed by atoms with Gasteiger partial charge in [0.25, 0.3) is 11.6 Å². The van der Waals surface area contributed by atoms with Crippen LogP contribution in [0.5, 0.6) is 0 Å². The molecule has 0 unspecified atom stereocenters. The van der Waals surface area contributed by atoms with Crippen molar-refractivity contribution in [1.29, 1.82) is 0 Å². The average Bonchev–Trinajstić information content (AvgIpc) is 2.94. The molecule has 164 valence electrons. The van der Waals surface area contributed by atoms with Crippen LogP contribution in [0.15, 0.2) is 46.2 Å². The summed E-state index contributed by atoms with van der Waals surface area (Å²) in [4.78, 5) is 21.4. The van der Waals surface area contributed by atoms with Gasteiger partial charge in [-0.05, 0) is 19.1 Å². The van der Waals surface area contributed by atoms with Crippen LogP contribution in [-0.4, -0.2) is 41.3 Å². The standard InChI is InChI=1S/C17H15N3O9S2.2Na/c1-9-13(20(22)23)8-14(19(9)2)17(21)18-12-7-6-10-11(16(12)31(27,28)29)4-3-5-15(10)30(24,25)26;;/h3-8H,1-2H3,(H,18,21)(H,24,25,26)(H,27,28,29);;/q;2*+1/p-2. The Kier molecular flexibility index (Phi) is 9.46. The molecule has 0 aliphatic rings. The van der Waals surface area contributed by atoms with Crippen molar-refractivity contribution in [3.05, 3.63) is 57.9 Å². The molecule has 0 spiro atoms. The summed E-state index contributed by atoms with van der Waals surface area (Å²) in [5, 5.41) is 12.6. The van der Waals surface area contributed by atoms with E-state index in [9.17, 15) is 40.8 Å². The van der Waals surface area contributed by atoms with Gasteiger partial charge in [-0.25, -0.2) is 16.8 Å². The Morgan fingerprint density at radius 1 is 1.00 bits per heavy atom. The molecule has 0 saturated carbocycles. The van der Waals surface area contributed by atoms with Crippen LogP contribution in [0, 0.1) is 17.0 Å². The summed E-state index contributed by atoms with van der Waals surface area (Å²) in [7, 11) is -8.86. The van der Waals surface area contributed by atoms with E-state index < -0.39 is 46.5 Å². The van der Waals surface area contributed by atoms with E-state index in [0.717, 1.165) is 36.4 Å². The van der Waals surface area contributed by atoms with Crippen LogP contribution < -0.4 is 64.4 Å². The van der Waals surface area contributed by atoms with Gasteiger partial charge in [0.05, 0.1) is 26.1 Å². The minimum Gasteiger partial charge on any atom is -0.744 e. The smallest absolute Gasteiger partial charge is 0.744 e. The third-order valence-electron chi connectivity index (χ3n) is 4.68. The van der Waals surface area contributed by atoms with Gasteiger partial charge in [-0.2, -0.15) is 0 Å². The van der Waals surface area contributed by atoms with Gasteiger partial charge in [-0.15, -0.1) is 0 Å². The number of amides is 1. The molecule has 2 aromatic carbocycles. The summed E-state index contributed by atoms with van der Waals surface area (Å²) in [6.07, 6.45) is 0. The average molecular weight is 513 g/mol. The van der Waals surface area contributed by atoms with E-state index in [0.29, 0.717) is 0 Å². The zero-order valence-electron chi connectivity index (χ0n) is 17.8. The molecule has 0 aliphatic carbocycles. The number of aromatic nitrogens is 1. The molecule has 33 heavy (non-hydrogen) atoms. The number of nitro groups is 1. The molecule has 0 saturated heterocycles. The number of nitrogens with zero attached hydrogens (tertiary/aromatic N) is 2. The van der Waals surface area contributed by atoms with Crippen molar-refractivity contribution in [3.8, 4) is 0 Å². The summed E-state index contributed by atoms with van der Waals surface area (Å²) in [6, 6.07) is 6.17. The first kappa shape index (κ1) is 29.7. The molecule has 16 heteroatoms. The Morgan fingerprint density at radius 2 is 1.61 bits per heavy atom. The maximum absolute atomic E-state index is 12.7. The van der Waals surface area contributed by atoms with Crippen LogP contribution in [0.25, 0.3) is 10.8 Å². The van der Waals surface area contributed by atoms with Crippen molar-refractivity contribution in [3.63, 3.8) is 0 Å².